The fourth-order valence-corrected chi connectivity index (χ4v) is 1.57. The number of rotatable bonds is 4. The van der Waals surface area contributed by atoms with Gasteiger partial charge in [-0.1, -0.05) is 23.7 Å². The molecule has 0 fully saturated rings. The van der Waals surface area contributed by atoms with Crippen molar-refractivity contribution < 1.29 is 0 Å². The van der Waals surface area contributed by atoms with Crippen molar-refractivity contribution >= 4 is 23.2 Å². The van der Waals surface area contributed by atoms with Crippen molar-refractivity contribution in [1.82, 2.24) is 9.97 Å². The van der Waals surface area contributed by atoms with Crippen LogP contribution in [0.1, 0.15) is 5.56 Å². The first kappa shape index (κ1) is 11.6. The number of hydrogen-bond donors (Lipinski definition) is 3. The van der Waals surface area contributed by atoms with Gasteiger partial charge in [0.15, 0.2) is 5.82 Å². The van der Waals surface area contributed by atoms with Crippen LogP contribution in [0.2, 0.25) is 5.02 Å². The molecule has 0 aliphatic rings. The van der Waals surface area contributed by atoms with E-state index in [9.17, 15) is 0 Å². The fraction of sp³-hybridized carbons (Fsp3) is 0.0909. The zero-order chi connectivity index (χ0) is 12.1. The van der Waals surface area contributed by atoms with Crippen LogP contribution in [-0.4, -0.2) is 9.97 Å². The highest BCUT2D eigenvalue weighted by Gasteiger charge is 1.98. The minimum absolute atomic E-state index is 0.515. The summed E-state index contributed by atoms with van der Waals surface area (Å²) in [4.78, 5) is 8.18. The summed E-state index contributed by atoms with van der Waals surface area (Å²) in [7, 11) is 0. The normalized spacial score (nSPS) is 10.0. The molecule has 1 aromatic carbocycles. The standard InChI is InChI=1S/C11H12ClN5/c12-9-3-1-2-8(4-9)5-15-10-6-14-7-11(16-10)17-13/h1-4,6-7H,5,13H2,(H2,15,16,17). The maximum absolute atomic E-state index is 5.89. The first-order chi connectivity index (χ1) is 8.28. The van der Waals surface area contributed by atoms with E-state index in [0.717, 1.165) is 5.56 Å². The van der Waals surface area contributed by atoms with Crippen LogP contribution in [0.4, 0.5) is 11.6 Å². The highest BCUT2D eigenvalue weighted by atomic mass is 35.5. The van der Waals surface area contributed by atoms with Gasteiger partial charge < -0.3 is 10.7 Å². The van der Waals surface area contributed by atoms with Crippen molar-refractivity contribution in [3.05, 3.63) is 47.2 Å². The topological polar surface area (TPSA) is 75.9 Å². The number of benzene rings is 1. The van der Waals surface area contributed by atoms with Gasteiger partial charge in [0.25, 0.3) is 0 Å². The Morgan fingerprint density at radius 3 is 2.82 bits per heavy atom. The molecule has 1 aromatic heterocycles. The number of hydrogen-bond acceptors (Lipinski definition) is 5. The van der Waals surface area contributed by atoms with E-state index in [2.05, 4.69) is 20.7 Å². The Balaban J connectivity index is 2.02. The van der Waals surface area contributed by atoms with Gasteiger partial charge in [-0.15, -0.1) is 0 Å². The number of anilines is 2. The summed E-state index contributed by atoms with van der Waals surface area (Å²) in [6.07, 6.45) is 3.18. The second-order valence-electron chi connectivity index (χ2n) is 3.42. The quantitative estimate of drug-likeness (QED) is 0.571. The van der Waals surface area contributed by atoms with Gasteiger partial charge in [0.1, 0.15) is 5.82 Å². The molecule has 5 nitrogen and oxygen atoms in total. The fourth-order valence-electron chi connectivity index (χ4n) is 1.36. The second-order valence-corrected chi connectivity index (χ2v) is 3.85. The number of nitrogens with one attached hydrogen (secondary N) is 2. The maximum Gasteiger partial charge on any atom is 0.160 e. The molecule has 0 spiro atoms. The van der Waals surface area contributed by atoms with Gasteiger partial charge in [-0.25, -0.2) is 10.8 Å². The van der Waals surface area contributed by atoms with Gasteiger partial charge in [0.05, 0.1) is 12.4 Å². The minimum Gasteiger partial charge on any atom is -0.365 e. The van der Waals surface area contributed by atoms with E-state index in [1.807, 2.05) is 24.3 Å². The molecule has 4 N–H and O–H groups in total. The average Bonchev–Trinajstić information content (AvgIpc) is 2.37. The summed E-state index contributed by atoms with van der Waals surface area (Å²) < 4.78 is 0. The smallest absolute Gasteiger partial charge is 0.160 e. The third-order valence-corrected chi connectivity index (χ3v) is 2.38. The lowest BCUT2D eigenvalue weighted by molar-refractivity contribution is 1.08. The molecule has 0 saturated carbocycles. The zero-order valence-electron chi connectivity index (χ0n) is 9.02. The first-order valence-corrected chi connectivity index (χ1v) is 5.43. The molecular formula is C11H12ClN5. The van der Waals surface area contributed by atoms with Crippen LogP contribution in [0.25, 0.3) is 0 Å². The van der Waals surface area contributed by atoms with Gasteiger partial charge in [0.2, 0.25) is 0 Å². The number of aromatic nitrogens is 2. The van der Waals surface area contributed by atoms with Gasteiger partial charge in [-0.05, 0) is 17.7 Å². The summed E-state index contributed by atoms with van der Waals surface area (Å²) in [5, 5.41) is 3.85. The summed E-state index contributed by atoms with van der Waals surface area (Å²) in [6, 6.07) is 7.62. The van der Waals surface area contributed by atoms with Crippen molar-refractivity contribution in [3.63, 3.8) is 0 Å². The van der Waals surface area contributed by atoms with Crippen LogP contribution < -0.4 is 16.6 Å². The van der Waals surface area contributed by atoms with Crippen LogP contribution >= 0.6 is 11.6 Å². The third kappa shape index (κ3) is 3.30. The third-order valence-electron chi connectivity index (χ3n) is 2.15. The molecule has 2 rings (SSSR count). The van der Waals surface area contributed by atoms with E-state index in [-0.39, 0.29) is 0 Å². The van der Waals surface area contributed by atoms with Crippen LogP contribution in [0.15, 0.2) is 36.7 Å². The molecule has 6 heteroatoms. The van der Waals surface area contributed by atoms with Gasteiger partial charge in [-0.2, -0.15) is 0 Å². The maximum atomic E-state index is 5.89. The summed E-state index contributed by atoms with van der Waals surface area (Å²) in [6.45, 7) is 0.628. The molecule has 0 aliphatic heterocycles. The van der Waals surface area contributed by atoms with Gasteiger partial charge >= 0.3 is 0 Å². The monoisotopic (exact) mass is 249 g/mol. The summed E-state index contributed by atoms with van der Waals surface area (Å²) in [5.74, 6) is 6.42. The van der Waals surface area contributed by atoms with Crippen molar-refractivity contribution in [2.45, 2.75) is 6.54 Å². The van der Waals surface area contributed by atoms with Crippen molar-refractivity contribution in [1.29, 1.82) is 0 Å². The molecule has 0 bridgehead atoms. The van der Waals surface area contributed by atoms with Crippen molar-refractivity contribution in [2.24, 2.45) is 5.84 Å². The van der Waals surface area contributed by atoms with Crippen molar-refractivity contribution in [2.75, 3.05) is 10.7 Å². The molecule has 0 atom stereocenters. The number of halogens is 1. The molecule has 0 aliphatic carbocycles. The van der Waals surface area contributed by atoms with E-state index >= 15 is 0 Å². The van der Waals surface area contributed by atoms with Crippen LogP contribution in [0, 0.1) is 0 Å². The zero-order valence-corrected chi connectivity index (χ0v) is 9.78. The van der Waals surface area contributed by atoms with E-state index in [0.29, 0.717) is 23.2 Å². The Kier molecular flexibility index (Phi) is 3.74. The molecule has 0 amide bonds. The Hall–Kier alpha value is -1.85. The molecule has 2 aromatic rings. The molecule has 0 unspecified atom stereocenters. The summed E-state index contributed by atoms with van der Waals surface area (Å²) >= 11 is 5.89. The molecule has 0 radical (unpaired) electrons. The predicted octanol–water partition coefficient (Wildman–Crippen LogP) is 2.03. The minimum atomic E-state index is 0.515. The van der Waals surface area contributed by atoms with Gasteiger partial charge in [0, 0.05) is 11.6 Å². The lowest BCUT2D eigenvalue weighted by Crippen LogP contribution is -2.10. The van der Waals surface area contributed by atoms with Crippen LogP contribution in [0.3, 0.4) is 0 Å². The highest BCUT2D eigenvalue weighted by Crippen LogP contribution is 2.12. The second kappa shape index (κ2) is 5.47. The lowest BCUT2D eigenvalue weighted by Gasteiger charge is -2.06. The SMILES string of the molecule is NNc1cncc(NCc2cccc(Cl)c2)n1. The largest absolute Gasteiger partial charge is 0.365 e. The predicted molar refractivity (Wildman–Crippen MR) is 68.6 cm³/mol. The van der Waals surface area contributed by atoms with E-state index < -0.39 is 0 Å². The number of nitrogens with two attached hydrogens (primary N) is 1. The summed E-state index contributed by atoms with van der Waals surface area (Å²) in [5.41, 5.74) is 3.51. The first-order valence-electron chi connectivity index (χ1n) is 5.05. The van der Waals surface area contributed by atoms with Crippen LogP contribution in [-0.2, 0) is 6.54 Å². The Morgan fingerprint density at radius 1 is 1.24 bits per heavy atom. The Bertz CT molecular complexity index is 503. The average molecular weight is 250 g/mol. The Labute approximate surface area is 104 Å². The van der Waals surface area contributed by atoms with Crippen molar-refractivity contribution in [3.8, 4) is 0 Å². The molecule has 88 valence electrons. The van der Waals surface area contributed by atoms with E-state index in [1.165, 1.54) is 0 Å². The highest BCUT2D eigenvalue weighted by molar-refractivity contribution is 6.30. The van der Waals surface area contributed by atoms with E-state index in [1.54, 1.807) is 12.4 Å². The number of nitrogen functional groups attached to an aromatic ring is 1. The molecule has 17 heavy (non-hydrogen) atoms. The molecule has 1 heterocycles. The van der Waals surface area contributed by atoms with Gasteiger partial charge in [-0.3, -0.25) is 4.98 Å². The number of nitrogens with zero attached hydrogens (tertiary/aromatic N) is 2. The lowest BCUT2D eigenvalue weighted by atomic mass is 10.2. The van der Waals surface area contributed by atoms with Crippen LogP contribution in [0.5, 0.6) is 0 Å². The molecular weight excluding hydrogens is 238 g/mol. The Morgan fingerprint density at radius 2 is 2.06 bits per heavy atom. The number of hydrazine groups is 1. The molecule has 0 saturated heterocycles. The van der Waals surface area contributed by atoms with E-state index in [4.69, 9.17) is 17.4 Å².